The number of esters is 1. The lowest BCUT2D eigenvalue weighted by Crippen LogP contribution is -2.25. The van der Waals surface area contributed by atoms with E-state index in [-0.39, 0.29) is 12.4 Å². The molecule has 1 aliphatic rings. The van der Waals surface area contributed by atoms with E-state index >= 15 is 0 Å². The molecular weight excluding hydrogens is 370 g/mol. The second-order valence-electron chi connectivity index (χ2n) is 6.04. The van der Waals surface area contributed by atoms with Crippen LogP contribution in [0.5, 0.6) is 11.5 Å². The molecule has 144 valence electrons. The highest BCUT2D eigenvalue weighted by Gasteiger charge is 2.28. The number of anilines is 1. The topological polar surface area (TPSA) is 82.1 Å². The van der Waals surface area contributed by atoms with Gasteiger partial charge in [-0.25, -0.2) is 13.2 Å². The molecule has 2 aromatic rings. The Morgan fingerprint density at radius 2 is 1.81 bits per heavy atom. The van der Waals surface area contributed by atoms with E-state index in [1.165, 1.54) is 11.4 Å². The van der Waals surface area contributed by atoms with Crippen LogP contribution in [-0.2, 0) is 21.4 Å². The summed E-state index contributed by atoms with van der Waals surface area (Å²) in [4.78, 5) is 12.3. The standard InChI is InChI=1S/C19H21NO6S/c1-24-17-8-9-18(25-2)15(12-17)13-26-19(21)14-4-6-16(7-5-14)20-10-3-11-27(20,22)23/h4-9,12H,3,10-11,13H2,1-2H3. The Kier molecular flexibility index (Phi) is 5.55. The molecule has 7 nitrogen and oxygen atoms in total. The van der Waals surface area contributed by atoms with Gasteiger partial charge in [0.05, 0.1) is 31.2 Å². The second-order valence-corrected chi connectivity index (χ2v) is 8.06. The average Bonchev–Trinajstić information content (AvgIpc) is 3.04. The third-order valence-electron chi connectivity index (χ3n) is 4.34. The van der Waals surface area contributed by atoms with Gasteiger partial charge < -0.3 is 14.2 Å². The first-order chi connectivity index (χ1) is 12.9. The van der Waals surface area contributed by atoms with Gasteiger partial charge in [-0.2, -0.15) is 0 Å². The summed E-state index contributed by atoms with van der Waals surface area (Å²) in [6.45, 7) is 0.489. The maximum Gasteiger partial charge on any atom is 0.338 e. The predicted octanol–water partition coefficient (Wildman–Crippen LogP) is 2.60. The van der Waals surface area contributed by atoms with E-state index in [1.807, 2.05) is 0 Å². The van der Waals surface area contributed by atoms with Crippen molar-refractivity contribution in [3.63, 3.8) is 0 Å². The fourth-order valence-electron chi connectivity index (χ4n) is 2.91. The van der Waals surface area contributed by atoms with Crippen molar-refractivity contribution in [2.45, 2.75) is 13.0 Å². The number of benzene rings is 2. The van der Waals surface area contributed by atoms with Crippen molar-refractivity contribution in [3.05, 3.63) is 53.6 Å². The molecule has 8 heteroatoms. The van der Waals surface area contributed by atoms with E-state index in [4.69, 9.17) is 14.2 Å². The van der Waals surface area contributed by atoms with Gasteiger partial charge in [0.15, 0.2) is 0 Å². The van der Waals surface area contributed by atoms with Gasteiger partial charge in [-0.15, -0.1) is 0 Å². The molecule has 0 saturated carbocycles. The SMILES string of the molecule is COc1ccc(OC)c(COC(=O)c2ccc(N3CCCS3(=O)=O)cc2)c1. The van der Waals surface area contributed by atoms with E-state index in [0.717, 1.165) is 0 Å². The van der Waals surface area contributed by atoms with Crippen LogP contribution in [0.1, 0.15) is 22.3 Å². The lowest BCUT2D eigenvalue weighted by atomic mass is 10.2. The molecule has 0 radical (unpaired) electrons. The van der Waals surface area contributed by atoms with Gasteiger partial charge in [-0.05, 0) is 48.9 Å². The van der Waals surface area contributed by atoms with Crippen LogP contribution in [0.2, 0.25) is 0 Å². The smallest absolute Gasteiger partial charge is 0.338 e. The van der Waals surface area contributed by atoms with Gasteiger partial charge in [0.2, 0.25) is 10.0 Å². The number of hydrogen-bond donors (Lipinski definition) is 0. The molecule has 3 rings (SSSR count). The number of ether oxygens (including phenoxy) is 3. The van der Waals surface area contributed by atoms with Crippen molar-refractivity contribution in [1.29, 1.82) is 0 Å². The van der Waals surface area contributed by atoms with Gasteiger partial charge in [0, 0.05) is 12.1 Å². The van der Waals surface area contributed by atoms with Crippen LogP contribution >= 0.6 is 0 Å². The van der Waals surface area contributed by atoms with Crippen molar-refractivity contribution in [2.75, 3.05) is 30.8 Å². The fourth-order valence-corrected chi connectivity index (χ4v) is 4.48. The lowest BCUT2D eigenvalue weighted by Gasteiger charge is -2.17. The van der Waals surface area contributed by atoms with E-state index in [0.29, 0.717) is 41.3 Å². The summed E-state index contributed by atoms with van der Waals surface area (Å²) in [5, 5.41) is 0. The molecule has 2 aromatic carbocycles. The van der Waals surface area contributed by atoms with Gasteiger partial charge in [-0.1, -0.05) is 0 Å². The Morgan fingerprint density at radius 3 is 2.41 bits per heavy atom. The minimum Gasteiger partial charge on any atom is -0.497 e. The molecule has 0 amide bonds. The quantitative estimate of drug-likeness (QED) is 0.704. The molecule has 0 unspecified atom stereocenters. The van der Waals surface area contributed by atoms with Crippen molar-refractivity contribution < 1.29 is 27.4 Å². The van der Waals surface area contributed by atoms with Gasteiger partial charge in [-0.3, -0.25) is 4.31 Å². The van der Waals surface area contributed by atoms with Crippen LogP contribution in [0, 0.1) is 0 Å². The van der Waals surface area contributed by atoms with Crippen LogP contribution in [0.25, 0.3) is 0 Å². The minimum atomic E-state index is -3.24. The highest BCUT2D eigenvalue weighted by Crippen LogP contribution is 2.26. The summed E-state index contributed by atoms with van der Waals surface area (Å²) in [6.07, 6.45) is 0.606. The molecule has 0 bridgehead atoms. The van der Waals surface area contributed by atoms with Crippen LogP contribution < -0.4 is 13.8 Å². The summed E-state index contributed by atoms with van der Waals surface area (Å²) in [6, 6.07) is 11.6. The number of hydrogen-bond acceptors (Lipinski definition) is 6. The number of carbonyl (C=O) groups excluding carboxylic acids is 1. The Balaban J connectivity index is 1.68. The minimum absolute atomic E-state index is 0.0292. The number of methoxy groups -OCH3 is 2. The first-order valence-electron chi connectivity index (χ1n) is 8.43. The van der Waals surface area contributed by atoms with Crippen LogP contribution in [0.3, 0.4) is 0 Å². The summed E-state index contributed by atoms with van der Waals surface area (Å²) in [7, 11) is -0.147. The Bertz CT molecular complexity index is 924. The van der Waals surface area contributed by atoms with Crippen LogP contribution in [0.4, 0.5) is 5.69 Å². The van der Waals surface area contributed by atoms with Gasteiger partial charge >= 0.3 is 5.97 Å². The first kappa shape index (κ1) is 19.0. The number of nitrogens with zero attached hydrogens (tertiary/aromatic N) is 1. The molecule has 0 spiro atoms. The van der Waals surface area contributed by atoms with Crippen molar-refractivity contribution in [3.8, 4) is 11.5 Å². The molecule has 1 saturated heterocycles. The summed E-state index contributed by atoms with van der Waals surface area (Å²) < 4.78 is 41.1. The highest BCUT2D eigenvalue weighted by molar-refractivity contribution is 7.93. The zero-order chi connectivity index (χ0) is 19.4. The van der Waals surface area contributed by atoms with E-state index in [2.05, 4.69) is 0 Å². The third-order valence-corrected chi connectivity index (χ3v) is 6.21. The third kappa shape index (κ3) is 4.16. The molecule has 0 aliphatic carbocycles. The maximum atomic E-state index is 12.3. The zero-order valence-electron chi connectivity index (χ0n) is 15.2. The molecule has 27 heavy (non-hydrogen) atoms. The Labute approximate surface area is 158 Å². The van der Waals surface area contributed by atoms with E-state index in [9.17, 15) is 13.2 Å². The highest BCUT2D eigenvalue weighted by atomic mass is 32.2. The lowest BCUT2D eigenvalue weighted by molar-refractivity contribution is 0.0470. The second kappa shape index (κ2) is 7.87. The summed E-state index contributed by atoms with van der Waals surface area (Å²) >= 11 is 0. The molecule has 0 aromatic heterocycles. The number of sulfonamides is 1. The van der Waals surface area contributed by atoms with Crippen LogP contribution in [0.15, 0.2) is 42.5 Å². The van der Waals surface area contributed by atoms with Crippen LogP contribution in [-0.4, -0.2) is 40.9 Å². The first-order valence-corrected chi connectivity index (χ1v) is 10.0. The molecular formula is C19H21NO6S. The van der Waals surface area contributed by atoms with Crippen molar-refractivity contribution >= 4 is 21.7 Å². The maximum absolute atomic E-state index is 12.3. The predicted molar refractivity (Wildman–Crippen MR) is 101 cm³/mol. The molecule has 0 atom stereocenters. The molecule has 1 fully saturated rings. The summed E-state index contributed by atoms with van der Waals surface area (Å²) in [5.41, 5.74) is 1.58. The molecule has 0 N–H and O–H groups in total. The largest absolute Gasteiger partial charge is 0.497 e. The summed E-state index contributed by atoms with van der Waals surface area (Å²) in [5.74, 6) is 0.881. The van der Waals surface area contributed by atoms with E-state index < -0.39 is 16.0 Å². The zero-order valence-corrected chi connectivity index (χ0v) is 16.0. The fraction of sp³-hybridized carbons (Fsp3) is 0.316. The van der Waals surface area contributed by atoms with E-state index in [1.54, 1.807) is 49.6 Å². The Morgan fingerprint density at radius 1 is 1.07 bits per heavy atom. The van der Waals surface area contributed by atoms with Gasteiger partial charge in [0.25, 0.3) is 0 Å². The normalized spacial score (nSPS) is 15.4. The van der Waals surface area contributed by atoms with Crippen molar-refractivity contribution in [1.82, 2.24) is 0 Å². The number of rotatable bonds is 6. The van der Waals surface area contributed by atoms with Crippen molar-refractivity contribution in [2.24, 2.45) is 0 Å². The molecule has 1 heterocycles. The van der Waals surface area contributed by atoms with Gasteiger partial charge in [0.1, 0.15) is 18.1 Å². The number of carbonyl (C=O) groups is 1. The Hall–Kier alpha value is -2.74. The average molecular weight is 391 g/mol. The monoisotopic (exact) mass is 391 g/mol. The molecule has 1 aliphatic heterocycles.